The molecule has 0 aromatic heterocycles. The second kappa shape index (κ2) is 7.36. The van der Waals surface area contributed by atoms with Crippen LogP contribution in [-0.2, 0) is 26.0 Å². The topological polar surface area (TPSA) is 104 Å². The van der Waals surface area contributed by atoms with Crippen molar-refractivity contribution < 1.29 is 23.1 Å². The van der Waals surface area contributed by atoms with Gasteiger partial charge in [-0.05, 0) is 42.4 Å². The quantitative estimate of drug-likeness (QED) is 0.737. The molecular formula is C18H24N2O5S. The number of likely N-dealkylation sites (tertiary alicyclic amines) is 1. The van der Waals surface area contributed by atoms with Crippen molar-refractivity contribution in [3.8, 4) is 0 Å². The Morgan fingerprint density at radius 3 is 2.38 bits per heavy atom. The van der Waals surface area contributed by atoms with Crippen LogP contribution in [0.25, 0.3) is 0 Å². The third-order valence-electron chi connectivity index (χ3n) is 5.19. The number of sulfonamides is 1. The summed E-state index contributed by atoms with van der Waals surface area (Å²) in [5, 5.41) is 9.40. The molecule has 1 heterocycles. The largest absolute Gasteiger partial charge is 0.481 e. The van der Waals surface area contributed by atoms with Crippen LogP contribution in [0, 0.1) is 17.8 Å². The summed E-state index contributed by atoms with van der Waals surface area (Å²) in [6.45, 7) is 2.79. The van der Waals surface area contributed by atoms with Crippen molar-refractivity contribution in [2.75, 3.05) is 19.6 Å². The number of benzene rings is 1. The number of rotatable bonds is 7. The van der Waals surface area contributed by atoms with Gasteiger partial charge in [0.25, 0.3) is 0 Å². The molecule has 0 bridgehead atoms. The lowest BCUT2D eigenvalue weighted by atomic mass is 9.92. The summed E-state index contributed by atoms with van der Waals surface area (Å²) in [6.07, 6.45) is 2.25. The van der Waals surface area contributed by atoms with Gasteiger partial charge in [-0.2, -0.15) is 0 Å². The van der Waals surface area contributed by atoms with Crippen LogP contribution in [0.5, 0.6) is 0 Å². The van der Waals surface area contributed by atoms with E-state index >= 15 is 0 Å². The van der Waals surface area contributed by atoms with Crippen molar-refractivity contribution in [2.24, 2.45) is 17.8 Å². The molecule has 1 amide bonds. The monoisotopic (exact) mass is 380 g/mol. The molecule has 2 N–H and O–H groups in total. The highest BCUT2D eigenvalue weighted by Gasteiger charge is 2.46. The van der Waals surface area contributed by atoms with Gasteiger partial charge in [0.05, 0.1) is 17.2 Å². The molecule has 3 rings (SSSR count). The van der Waals surface area contributed by atoms with Gasteiger partial charge in [-0.1, -0.05) is 19.1 Å². The van der Waals surface area contributed by atoms with Gasteiger partial charge in [0.15, 0.2) is 0 Å². The van der Waals surface area contributed by atoms with Crippen molar-refractivity contribution in [3.05, 3.63) is 29.8 Å². The van der Waals surface area contributed by atoms with Crippen LogP contribution in [-0.4, -0.2) is 49.9 Å². The maximum atomic E-state index is 12.6. The molecule has 0 spiro atoms. The maximum absolute atomic E-state index is 12.6. The Balaban J connectivity index is 1.64. The molecule has 2 aliphatic rings. The second-order valence-corrected chi connectivity index (χ2v) is 8.83. The summed E-state index contributed by atoms with van der Waals surface area (Å²) in [5.41, 5.74) is 0.715. The highest BCUT2D eigenvalue weighted by Crippen LogP contribution is 2.44. The minimum absolute atomic E-state index is 0.0593. The van der Waals surface area contributed by atoms with Crippen molar-refractivity contribution in [3.63, 3.8) is 0 Å². The fourth-order valence-electron chi connectivity index (χ4n) is 3.64. The highest BCUT2D eigenvalue weighted by atomic mass is 32.2. The van der Waals surface area contributed by atoms with Crippen LogP contribution >= 0.6 is 0 Å². The van der Waals surface area contributed by atoms with Crippen molar-refractivity contribution >= 4 is 21.9 Å². The minimum Gasteiger partial charge on any atom is -0.481 e. The van der Waals surface area contributed by atoms with Crippen LogP contribution < -0.4 is 4.72 Å². The molecule has 1 aromatic carbocycles. The van der Waals surface area contributed by atoms with Gasteiger partial charge >= 0.3 is 5.97 Å². The van der Waals surface area contributed by atoms with E-state index < -0.39 is 21.9 Å². The molecule has 0 unspecified atom stereocenters. The van der Waals surface area contributed by atoms with E-state index in [1.54, 1.807) is 24.0 Å². The lowest BCUT2D eigenvalue weighted by Crippen LogP contribution is -2.31. The molecule has 1 aliphatic carbocycles. The molecule has 1 saturated heterocycles. The number of nitrogens with one attached hydrogen (secondary N) is 1. The van der Waals surface area contributed by atoms with Crippen molar-refractivity contribution in [1.29, 1.82) is 0 Å². The Kier molecular flexibility index (Phi) is 5.34. The number of amides is 1. The number of hydrogen-bond donors (Lipinski definition) is 2. The van der Waals surface area contributed by atoms with Gasteiger partial charge in [-0.3, -0.25) is 9.59 Å². The van der Waals surface area contributed by atoms with Gasteiger partial charge in [-0.15, -0.1) is 0 Å². The van der Waals surface area contributed by atoms with E-state index in [2.05, 4.69) is 4.72 Å². The summed E-state index contributed by atoms with van der Waals surface area (Å²) < 4.78 is 26.3. The SMILES string of the molecule is CCNS(=O)(=O)c1ccc(CC(=O)N2C[C@H](C(=O)O)[C@@H](C3CC3)C2)cc1. The first kappa shape index (κ1) is 18.8. The average molecular weight is 380 g/mol. The molecule has 2 atom stereocenters. The van der Waals surface area contributed by atoms with Gasteiger partial charge in [0.2, 0.25) is 15.9 Å². The predicted octanol–water partition coefficient (Wildman–Crippen LogP) is 1.10. The molecular weight excluding hydrogens is 356 g/mol. The molecule has 7 nitrogen and oxygen atoms in total. The van der Waals surface area contributed by atoms with Crippen molar-refractivity contribution in [2.45, 2.75) is 31.1 Å². The normalized spacial score (nSPS) is 23.2. The van der Waals surface area contributed by atoms with Gasteiger partial charge in [0, 0.05) is 19.6 Å². The molecule has 142 valence electrons. The average Bonchev–Trinajstić information content (AvgIpc) is 3.33. The summed E-state index contributed by atoms with van der Waals surface area (Å²) in [4.78, 5) is 25.8. The zero-order chi connectivity index (χ0) is 18.9. The van der Waals surface area contributed by atoms with Crippen LogP contribution in [0.2, 0.25) is 0 Å². The number of hydrogen-bond acceptors (Lipinski definition) is 4. The fourth-order valence-corrected chi connectivity index (χ4v) is 4.68. The summed E-state index contributed by atoms with van der Waals surface area (Å²) in [5.74, 6) is -0.912. The van der Waals surface area contributed by atoms with Gasteiger partial charge in [0.1, 0.15) is 0 Å². The third-order valence-corrected chi connectivity index (χ3v) is 6.75. The third kappa shape index (κ3) is 4.07. The number of nitrogens with zero attached hydrogens (tertiary/aromatic N) is 1. The zero-order valence-corrected chi connectivity index (χ0v) is 15.5. The van der Waals surface area contributed by atoms with Crippen molar-refractivity contribution in [1.82, 2.24) is 9.62 Å². The first-order valence-corrected chi connectivity index (χ1v) is 10.4. The minimum atomic E-state index is -3.51. The summed E-state index contributed by atoms with van der Waals surface area (Å²) in [6, 6.07) is 6.23. The van der Waals surface area contributed by atoms with Crippen LogP contribution in [0.1, 0.15) is 25.3 Å². The Hall–Kier alpha value is -1.93. The summed E-state index contributed by atoms with van der Waals surface area (Å²) >= 11 is 0. The van der Waals surface area contributed by atoms with E-state index in [0.29, 0.717) is 24.6 Å². The van der Waals surface area contributed by atoms with E-state index in [1.165, 1.54) is 12.1 Å². The maximum Gasteiger partial charge on any atom is 0.308 e. The first-order chi connectivity index (χ1) is 12.3. The Labute approximate surface area is 153 Å². The molecule has 2 fully saturated rings. The molecule has 0 radical (unpaired) electrons. The lowest BCUT2D eigenvalue weighted by molar-refractivity contribution is -0.142. The molecule has 1 aromatic rings. The van der Waals surface area contributed by atoms with E-state index in [-0.39, 0.29) is 29.7 Å². The van der Waals surface area contributed by atoms with E-state index in [9.17, 15) is 23.1 Å². The van der Waals surface area contributed by atoms with Gasteiger partial charge < -0.3 is 10.0 Å². The predicted molar refractivity (Wildman–Crippen MR) is 94.9 cm³/mol. The standard InChI is InChI=1S/C18H24N2O5S/c1-2-19-26(24,25)14-7-3-12(4-8-14)9-17(21)20-10-15(13-5-6-13)16(11-20)18(22)23/h3-4,7-8,13,15-16,19H,2,5-6,9-11H2,1H3,(H,22,23)/t15-,16+/m1/s1. The summed E-state index contributed by atoms with van der Waals surface area (Å²) in [7, 11) is -3.51. The molecule has 1 saturated carbocycles. The second-order valence-electron chi connectivity index (χ2n) is 7.07. The Morgan fingerprint density at radius 1 is 1.19 bits per heavy atom. The zero-order valence-electron chi connectivity index (χ0n) is 14.7. The number of aliphatic carboxylic acids is 1. The van der Waals surface area contributed by atoms with Crippen LogP contribution in [0.3, 0.4) is 0 Å². The van der Waals surface area contributed by atoms with Crippen LogP contribution in [0.4, 0.5) is 0 Å². The Morgan fingerprint density at radius 2 is 1.85 bits per heavy atom. The number of carbonyl (C=O) groups excluding carboxylic acids is 1. The van der Waals surface area contributed by atoms with E-state index in [1.807, 2.05) is 0 Å². The van der Waals surface area contributed by atoms with E-state index in [0.717, 1.165) is 12.8 Å². The number of carbonyl (C=O) groups is 2. The molecule has 1 aliphatic heterocycles. The first-order valence-electron chi connectivity index (χ1n) is 8.91. The number of carboxylic acids is 1. The van der Waals surface area contributed by atoms with E-state index in [4.69, 9.17) is 0 Å². The smallest absolute Gasteiger partial charge is 0.308 e. The molecule has 8 heteroatoms. The molecule has 26 heavy (non-hydrogen) atoms. The fraction of sp³-hybridized carbons (Fsp3) is 0.556. The lowest BCUT2D eigenvalue weighted by Gasteiger charge is -2.16. The highest BCUT2D eigenvalue weighted by molar-refractivity contribution is 7.89. The van der Waals surface area contributed by atoms with Crippen LogP contribution in [0.15, 0.2) is 29.2 Å². The number of carboxylic acid groups (broad SMARTS) is 1. The van der Waals surface area contributed by atoms with Gasteiger partial charge in [-0.25, -0.2) is 13.1 Å². The Bertz CT molecular complexity index is 786.